The van der Waals surface area contributed by atoms with Gasteiger partial charge in [0, 0.05) is 18.5 Å². The molecule has 1 N–H and O–H groups in total. The first-order chi connectivity index (χ1) is 9.23. The summed E-state index contributed by atoms with van der Waals surface area (Å²) in [6.07, 6.45) is 2.26. The molecule has 0 bridgehead atoms. The number of rotatable bonds is 4. The number of non-ortho nitro benzene ring substituents is 1. The predicted molar refractivity (Wildman–Crippen MR) is 73.6 cm³/mol. The van der Waals surface area contributed by atoms with E-state index >= 15 is 0 Å². The fourth-order valence-electron chi connectivity index (χ4n) is 1.93. The Labute approximate surface area is 114 Å². The van der Waals surface area contributed by atoms with Crippen LogP contribution in [-0.4, -0.2) is 35.6 Å². The average molecular weight is 296 g/mol. The van der Waals surface area contributed by atoms with E-state index in [9.17, 15) is 23.3 Å². The molecule has 0 radical (unpaired) electrons. The molecule has 8 heteroatoms. The maximum absolute atomic E-state index is 12.2. The lowest BCUT2D eigenvalue weighted by molar-refractivity contribution is -0.383. The summed E-state index contributed by atoms with van der Waals surface area (Å²) in [5.74, 6) is -0.659. The number of hydrogen-bond acceptors (Lipinski definition) is 5. The maximum Gasteiger partial charge on any atom is 0.279 e. The van der Waals surface area contributed by atoms with E-state index in [2.05, 4.69) is 4.98 Å². The highest BCUT2D eigenvalue weighted by Crippen LogP contribution is 2.29. The lowest BCUT2D eigenvalue weighted by atomic mass is 10.1. The zero-order valence-corrected chi connectivity index (χ0v) is 11.6. The number of aromatic amines is 1. The van der Waals surface area contributed by atoms with E-state index in [4.69, 9.17) is 0 Å². The van der Waals surface area contributed by atoms with Crippen molar-refractivity contribution in [3.63, 3.8) is 0 Å². The van der Waals surface area contributed by atoms with Gasteiger partial charge in [-0.15, -0.1) is 0 Å². The molecule has 1 aromatic heterocycles. The Kier molecular flexibility index (Phi) is 3.34. The second kappa shape index (κ2) is 4.71. The van der Waals surface area contributed by atoms with E-state index in [1.54, 1.807) is 6.07 Å². The van der Waals surface area contributed by atoms with Crippen molar-refractivity contribution in [2.24, 2.45) is 0 Å². The Bertz CT molecular complexity index is 806. The Morgan fingerprint density at radius 3 is 2.60 bits per heavy atom. The zero-order chi connectivity index (χ0) is 15.1. The van der Waals surface area contributed by atoms with Gasteiger partial charge < -0.3 is 4.98 Å². The minimum absolute atomic E-state index is 0.0187. The van der Waals surface area contributed by atoms with Crippen molar-refractivity contribution in [1.29, 1.82) is 0 Å². The number of nitrogens with zero attached hydrogens (tertiary/aromatic N) is 1. The van der Waals surface area contributed by atoms with Crippen LogP contribution in [0.25, 0.3) is 10.9 Å². The molecule has 0 amide bonds. The Hall–Kier alpha value is -2.22. The zero-order valence-electron chi connectivity index (χ0n) is 10.8. The highest BCUT2D eigenvalue weighted by atomic mass is 32.2. The van der Waals surface area contributed by atoms with E-state index in [1.165, 1.54) is 25.3 Å². The van der Waals surface area contributed by atoms with Gasteiger partial charge in [0.15, 0.2) is 15.6 Å². The molecule has 0 aliphatic rings. The lowest BCUT2D eigenvalue weighted by Gasteiger charge is -2.07. The number of carbonyl (C=O) groups excluding carboxylic acids is 1. The summed E-state index contributed by atoms with van der Waals surface area (Å²) in [5.41, 5.74) is 0.210. The fraction of sp³-hybridized carbons (Fsp3) is 0.250. The standard InChI is InChI=1S/C12H12N2O5S/c1-7(20(2,18)19)12(15)8-6-13-9-4-3-5-10(11(8)9)14(16)17/h3-7,13H,1-2H3. The monoisotopic (exact) mass is 296 g/mol. The van der Waals surface area contributed by atoms with Crippen molar-refractivity contribution in [2.45, 2.75) is 12.2 Å². The molecule has 1 heterocycles. The summed E-state index contributed by atoms with van der Waals surface area (Å²) in [7, 11) is -3.56. The van der Waals surface area contributed by atoms with Gasteiger partial charge in [-0.2, -0.15) is 0 Å². The van der Waals surface area contributed by atoms with E-state index in [-0.39, 0.29) is 16.6 Å². The van der Waals surface area contributed by atoms with Crippen molar-refractivity contribution < 1.29 is 18.1 Å². The number of nitrogens with one attached hydrogen (secondary N) is 1. The molecule has 0 spiro atoms. The number of nitro groups is 1. The Morgan fingerprint density at radius 1 is 1.40 bits per heavy atom. The van der Waals surface area contributed by atoms with Crippen LogP contribution < -0.4 is 0 Å². The molecule has 1 atom stereocenters. The molecule has 1 unspecified atom stereocenters. The second-order valence-electron chi connectivity index (χ2n) is 4.50. The summed E-state index contributed by atoms with van der Waals surface area (Å²) in [6.45, 7) is 1.27. The Morgan fingerprint density at radius 2 is 2.05 bits per heavy atom. The summed E-state index contributed by atoms with van der Waals surface area (Å²) in [4.78, 5) is 25.4. The molecule has 0 saturated carbocycles. The number of benzene rings is 1. The molecule has 20 heavy (non-hydrogen) atoms. The first-order valence-corrected chi connectivity index (χ1v) is 7.66. The van der Waals surface area contributed by atoms with E-state index in [0.717, 1.165) is 6.26 Å². The van der Waals surface area contributed by atoms with Crippen LogP contribution in [0, 0.1) is 10.1 Å². The largest absolute Gasteiger partial charge is 0.360 e. The summed E-state index contributed by atoms with van der Waals surface area (Å²) in [6, 6.07) is 4.35. The van der Waals surface area contributed by atoms with Gasteiger partial charge in [-0.05, 0) is 13.0 Å². The molecule has 7 nitrogen and oxygen atoms in total. The average Bonchev–Trinajstić information content (AvgIpc) is 2.79. The van der Waals surface area contributed by atoms with Crippen molar-refractivity contribution >= 4 is 32.2 Å². The van der Waals surface area contributed by atoms with Crippen molar-refractivity contribution in [1.82, 2.24) is 4.98 Å². The lowest BCUT2D eigenvalue weighted by Crippen LogP contribution is -2.26. The van der Waals surface area contributed by atoms with Crippen LogP contribution in [0.4, 0.5) is 5.69 Å². The molecular formula is C12H12N2O5S. The number of nitro benzene ring substituents is 1. The van der Waals surface area contributed by atoms with E-state index < -0.39 is 25.8 Å². The van der Waals surface area contributed by atoms with Crippen LogP contribution in [0.3, 0.4) is 0 Å². The SMILES string of the molecule is CC(C(=O)c1c[nH]c2cccc([N+](=O)[O-])c12)S(C)(=O)=O. The number of H-pyrrole nitrogens is 1. The van der Waals surface area contributed by atoms with Gasteiger partial charge in [0.1, 0.15) is 5.25 Å². The summed E-state index contributed by atoms with van der Waals surface area (Å²) >= 11 is 0. The van der Waals surface area contributed by atoms with Crippen LogP contribution in [-0.2, 0) is 9.84 Å². The number of carbonyl (C=O) groups is 1. The van der Waals surface area contributed by atoms with Crippen molar-refractivity contribution in [3.05, 3.63) is 40.1 Å². The molecule has 0 aliphatic carbocycles. The van der Waals surface area contributed by atoms with E-state index in [1.807, 2.05) is 0 Å². The minimum Gasteiger partial charge on any atom is -0.360 e. The normalized spacial score (nSPS) is 13.3. The molecule has 0 fully saturated rings. The molecule has 1 aromatic carbocycles. The summed E-state index contributed by atoms with van der Waals surface area (Å²) in [5, 5.41) is 9.90. The van der Waals surface area contributed by atoms with Crippen LogP contribution in [0.2, 0.25) is 0 Å². The van der Waals surface area contributed by atoms with Gasteiger partial charge in [0.25, 0.3) is 5.69 Å². The topological polar surface area (TPSA) is 110 Å². The van der Waals surface area contributed by atoms with Crippen LogP contribution in [0.5, 0.6) is 0 Å². The third kappa shape index (κ3) is 2.29. The van der Waals surface area contributed by atoms with Gasteiger partial charge in [-0.25, -0.2) is 8.42 Å². The third-order valence-electron chi connectivity index (χ3n) is 3.16. The van der Waals surface area contributed by atoms with E-state index in [0.29, 0.717) is 5.52 Å². The number of aromatic nitrogens is 1. The number of hydrogen-bond donors (Lipinski definition) is 1. The van der Waals surface area contributed by atoms with Crippen LogP contribution in [0.15, 0.2) is 24.4 Å². The smallest absolute Gasteiger partial charge is 0.279 e. The van der Waals surface area contributed by atoms with Gasteiger partial charge in [0.05, 0.1) is 21.4 Å². The maximum atomic E-state index is 12.2. The fourth-order valence-corrected chi connectivity index (χ4v) is 2.44. The number of fused-ring (bicyclic) bond motifs is 1. The van der Waals surface area contributed by atoms with Gasteiger partial charge in [0.2, 0.25) is 0 Å². The quantitative estimate of drug-likeness (QED) is 0.524. The van der Waals surface area contributed by atoms with Gasteiger partial charge in [-0.1, -0.05) is 6.07 Å². The minimum atomic E-state index is -3.56. The first-order valence-electron chi connectivity index (χ1n) is 5.71. The second-order valence-corrected chi connectivity index (χ2v) is 6.86. The predicted octanol–water partition coefficient (Wildman–Crippen LogP) is 1.69. The number of sulfone groups is 1. The molecule has 0 saturated heterocycles. The van der Waals surface area contributed by atoms with Gasteiger partial charge >= 0.3 is 0 Å². The molecule has 106 valence electrons. The van der Waals surface area contributed by atoms with Crippen LogP contribution in [0.1, 0.15) is 17.3 Å². The molecule has 2 rings (SSSR count). The van der Waals surface area contributed by atoms with Gasteiger partial charge in [-0.3, -0.25) is 14.9 Å². The highest BCUT2D eigenvalue weighted by molar-refractivity contribution is 7.92. The number of Topliss-reactive ketones (excluding diaryl/α,β-unsaturated/α-hetero) is 1. The first kappa shape index (κ1) is 14.2. The summed E-state index contributed by atoms with van der Waals surface area (Å²) < 4.78 is 22.9. The van der Waals surface area contributed by atoms with Crippen molar-refractivity contribution in [2.75, 3.05) is 6.26 Å². The highest BCUT2D eigenvalue weighted by Gasteiger charge is 2.29. The number of ketones is 1. The molecular weight excluding hydrogens is 284 g/mol. The Balaban J connectivity index is 2.67. The molecule has 0 aliphatic heterocycles. The third-order valence-corrected chi connectivity index (χ3v) is 4.66. The molecule has 2 aromatic rings. The van der Waals surface area contributed by atoms with Crippen molar-refractivity contribution in [3.8, 4) is 0 Å². The van der Waals surface area contributed by atoms with Crippen LogP contribution >= 0.6 is 0 Å².